The standard InChI is InChI=1S/C13H9.C5H5.C2H5.3ClH.H2Si.Zr/c1-3-7-12-10(5-1)9-11-6-2-4-8-13(11)12;1-2-4-5-3-1;1-2;;;;;/h1-9H;1-3H,4H2;1H2,2H3;3*1H;1H2;/q;;;;;;;+1/p-1. The molecule has 0 heterocycles. The van der Waals surface area contributed by atoms with Gasteiger partial charge in [0.25, 0.3) is 0 Å². The van der Waals surface area contributed by atoms with Crippen LogP contribution in [0.1, 0.15) is 28.1 Å². The Balaban J connectivity index is 0.00000113. The van der Waals surface area contributed by atoms with Crippen molar-refractivity contribution in [3.63, 3.8) is 0 Å². The molecule has 0 N–H and O–H groups in total. The summed E-state index contributed by atoms with van der Waals surface area (Å²) >= 11 is -3.63. The molecule has 0 aliphatic heterocycles. The summed E-state index contributed by atoms with van der Waals surface area (Å²) in [7, 11) is 7.76. The molecule has 0 atom stereocenters. The molecule has 0 nitrogen and oxygen atoms in total. The first-order valence-corrected chi connectivity index (χ1v) is 21.8. The summed E-state index contributed by atoms with van der Waals surface area (Å²) in [6.07, 6.45) is 7.83. The van der Waals surface area contributed by atoms with E-state index in [9.17, 15) is 0 Å². The second kappa shape index (κ2) is 7.49. The molecule has 2 aromatic rings. The van der Waals surface area contributed by atoms with Gasteiger partial charge in [0.05, 0.1) is 0 Å². The number of halogens is 3. The summed E-state index contributed by atoms with van der Waals surface area (Å²) in [5.41, 5.74) is 5.69. The Morgan fingerprint density at radius 3 is 1.96 bits per heavy atom. The Labute approximate surface area is 168 Å². The minimum Gasteiger partial charge on any atom is -0.147 e. The molecule has 2 aromatic carbocycles. The predicted molar refractivity (Wildman–Crippen MR) is 115 cm³/mol. The van der Waals surface area contributed by atoms with Gasteiger partial charge in [-0.1, -0.05) is 0 Å². The third-order valence-corrected chi connectivity index (χ3v) is 31.4. The van der Waals surface area contributed by atoms with Gasteiger partial charge in [0, 0.05) is 0 Å². The molecule has 0 fully saturated rings. The first-order chi connectivity index (χ1) is 11.1. The van der Waals surface area contributed by atoms with Crippen LogP contribution in [0, 0.1) is 0 Å². The molecule has 2 aliphatic rings. The fourth-order valence-corrected chi connectivity index (χ4v) is 21.2. The predicted octanol–water partition coefficient (Wildman–Crippen LogP) is 6.27. The van der Waals surface area contributed by atoms with Crippen molar-refractivity contribution in [2.45, 2.75) is 21.1 Å². The van der Waals surface area contributed by atoms with Crippen molar-refractivity contribution in [1.29, 1.82) is 0 Å². The van der Waals surface area contributed by atoms with E-state index in [-0.39, 0.29) is 24.8 Å². The number of fused-ring (bicyclic) bond motifs is 3. The third kappa shape index (κ3) is 3.09. The smallest absolute Gasteiger partial charge is 0.147 e. The summed E-state index contributed by atoms with van der Waals surface area (Å²) in [4.78, 5) is 0. The quantitative estimate of drug-likeness (QED) is 0.446. The van der Waals surface area contributed by atoms with Gasteiger partial charge in [0.15, 0.2) is 0 Å². The number of allylic oxidation sites excluding steroid dienone is 4. The van der Waals surface area contributed by atoms with Gasteiger partial charge in [-0.2, -0.15) is 0 Å². The molecule has 132 valence electrons. The van der Waals surface area contributed by atoms with E-state index in [2.05, 4.69) is 80.6 Å². The van der Waals surface area contributed by atoms with Crippen LogP contribution in [0.4, 0.5) is 0 Å². The molecule has 0 saturated carbocycles. The van der Waals surface area contributed by atoms with E-state index in [1.807, 2.05) is 0 Å². The summed E-state index contributed by atoms with van der Waals surface area (Å²) < 4.78 is 3.06. The van der Waals surface area contributed by atoms with E-state index in [0.29, 0.717) is 3.63 Å². The SMILES string of the molecule is C[CH2][Zr](=[SiH2])([Cl])([C]1=CC=CC1)[CH]1c2ccccc2-c2ccccc21.Cl.Cl. The summed E-state index contributed by atoms with van der Waals surface area (Å²) in [5, 5.41) is 0. The average Bonchev–Trinajstić information content (AvgIpc) is 3.22. The van der Waals surface area contributed by atoms with Crippen LogP contribution in [-0.2, 0) is 16.2 Å². The van der Waals surface area contributed by atoms with Crippen LogP contribution in [0.15, 0.2) is 70.0 Å². The van der Waals surface area contributed by atoms with E-state index in [1.54, 1.807) is 3.28 Å². The van der Waals surface area contributed by atoms with Crippen molar-refractivity contribution in [3.8, 4) is 11.1 Å². The maximum Gasteiger partial charge on any atom is -0.147 e. The number of hydrogen-bond acceptors (Lipinski definition) is 0. The molecule has 4 rings (SSSR count). The minimum absolute atomic E-state index is 0. The number of hydrogen-bond donors (Lipinski definition) is 0. The second-order valence-electron chi connectivity index (χ2n) is 6.91. The Kier molecular flexibility index (Phi) is 6.35. The molecule has 0 unspecified atom stereocenters. The van der Waals surface area contributed by atoms with Gasteiger partial charge in [-0.25, -0.2) is 0 Å². The molecular weight excluding hydrogens is 466 g/mol. The largest absolute Gasteiger partial charge is 0.147 e. The molecule has 0 saturated heterocycles. The fraction of sp³-hybridized carbons (Fsp3) is 0.200. The molecule has 2 aliphatic carbocycles. The first kappa shape index (κ1) is 21.2. The maximum absolute atomic E-state index is 7.76. The average molecular weight is 489 g/mol. The molecule has 5 heteroatoms. The molecule has 0 amide bonds. The van der Waals surface area contributed by atoms with Gasteiger partial charge in [0.1, 0.15) is 0 Å². The monoisotopic (exact) mass is 486 g/mol. The number of benzene rings is 2. The Bertz CT molecular complexity index is 887. The zero-order valence-electron chi connectivity index (χ0n) is 14.2. The zero-order chi connectivity index (χ0) is 16.1. The van der Waals surface area contributed by atoms with Crippen LogP contribution < -0.4 is 0 Å². The van der Waals surface area contributed by atoms with Crippen LogP contribution in [0.3, 0.4) is 0 Å². The summed E-state index contributed by atoms with van der Waals surface area (Å²) in [5.74, 6) is 0. The summed E-state index contributed by atoms with van der Waals surface area (Å²) in [6, 6.07) is 17.8. The van der Waals surface area contributed by atoms with Crippen LogP contribution in [0.5, 0.6) is 0 Å². The van der Waals surface area contributed by atoms with Gasteiger partial charge < -0.3 is 0 Å². The second-order valence-corrected chi connectivity index (χ2v) is 37.4. The van der Waals surface area contributed by atoms with Gasteiger partial charge >= 0.3 is 145 Å². The Hall–Kier alpha value is -0.110. The molecule has 0 radical (unpaired) electrons. The normalized spacial score (nSPS) is 15.7. The molecule has 25 heavy (non-hydrogen) atoms. The molecule has 0 spiro atoms. The van der Waals surface area contributed by atoms with E-state index >= 15 is 0 Å². The number of rotatable bonds is 3. The maximum atomic E-state index is 7.76. The minimum atomic E-state index is -3.63. The van der Waals surface area contributed by atoms with Crippen molar-refractivity contribution in [1.82, 2.24) is 0 Å². The summed E-state index contributed by atoms with van der Waals surface area (Å²) in [6.45, 7) is 4.50. The van der Waals surface area contributed by atoms with E-state index < -0.39 is 16.2 Å². The van der Waals surface area contributed by atoms with Gasteiger partial charge in [-0.05, 0) is 0 Å². The first-order valence-electron chi connectivity index (χ1n) is 8.34. The van der Waals surface area contributed by atoms with Crippen molar-refractivity contribution in [2.75, 3.05) is 0 Å². The zero-order valence-corrected chi connectivity index (χ0v) is 20.5. The third-order valence-electron chi connectivity index (χ3n) is 5.79. The fourth-order valence-electron chi connectivity index (χ4n) is 4.37. The van der Waals surface area contributed by atoms with Gasteiger partial charge in [-0.3, -0.25) is 0 Å². The molecular formula is C20H23Cl3SiZr. The van der Waals surface area contributed by atoms with E-state index in [0.717, 1.165) is 10.5 Å². The Morgan fingerprint density at radius 1 is 1.00 bits per heavy atom. The Morgan fingerprint density at radius 2 is 1.52 bits per heavy atom. The van der Waals surface area contributed by atoms with Crippen LogP contribution in [0.2, 0.25) is 4.13 Å². The van der Waals surface area contributed by atoms with Crippen LogP contribution >= 0.6 is 33.3 Å². The van der Waals surface area contributed by atoms with Gasteiger partial charge in [0.2, 0.25) is 0 Å². The van der Waals surface area contributed by atoms with Crippen molar-refractivity contribution in [3.05, 3.63) is 81.2 Å². The topological polar surface area (TPSA) is 0 Å². The van der Waals surface area contributed by atoms with Crippen LogP contribution in [-0.4, -0.2) is 6.88 Å². The van der Waals surface area contributed by atoms with E-state index in [1.165, 1.54) is 22.3 Å². The van der Waals surface area contributed by atoms with Crippen LogP contribution in [0.25, 0.3) is 11.1 Å². The van der Waals surface area contributed by atoms with Crippen molar-refractivity contribution in [2.24, 2.45) is 0 Å². The van der Waals surface area contributed by atoms with Crippen molar-refractivity contribution >= 4 is 40.2 Å². The van der Waals surface area contributed by atoms with Gasteiger partial charge in [-0.15, -0.1) is 24.8 Å². The van der Waals surface area contributed by atoms with E-state index in [4.69, 9.17) is 8.51 Å². The molecule has 0 bridgehead atoms. The molecule has 0 aromatic heterocycles. The van der Waals surface area contributed by atoms with Crippen molar-refractivity contribution < 1.29 is 16.2 Å².